The molecule has 1 saturated carbocycles. The first-order chi connectivity index (χ1) is 16.6. The average Bonchev–Trinajstić information content (AvgIpc) is 3.49. The lowest BCUT2D eigenvalue weighted by atomic mass is 9.75. The maximum Gasteiger partial charge on any atom is 0.231 e. The van der Waals surface area contributed by atoms with Gasteiger partial charge in [-0.15, -0.1) is 0 Å². The van der Waals surface area contributed by atoms with Gasteiger partial charge in [0.1, 0.15) is 12.0 Å². The van der Waals surface area contributed by atoms with Crippen LogP contribution in [0.4, 0.5) is 4.39 Å². The summed E-state index contributed by atoms with van der Waals surface area (Å²) in [5, 5.41) is 8.01. The van der Waals surface area contributed by atoms with Crippen molar-refractivity contribution in [3.63, 3.8) is 0 Å². The topological polar surface area (TPSA) is 104 Å². The van der Waals surface area contributed by atoms with Crippen molar-refractivity contribution >= 4 is 11.8 Å². The molecule has 2 saturated heterocycles. The number of halogens is 1. The van der Waals surface area contributed by atoms with Crippen molar-refractivity contribution in [3.8, 4) is 11.5 Å². The maximum absolute atomic E-state index is 14.4. The number of hydrazine groups is 2. The van der Waals surface area contributed by atoms with Gasteiger partial charge in [-0.1, -0.05) is 24.3 Å². The van der Waals surface area contributed by atoms with Crippen molar-refractivity contribution in [2.75, 3.05) is 6.79 Å². The lowest BCUT2D eigenvalue weighted by Crippen LogP contribution is -2.65. The van der Waals surface area contributed by atoms with Crippen LogP contribution < -0.4 is 31.1 Å². The molecule has 3 aliphatic heterocycles. The molecule has 9 nitrogen and oxygen atoms in total. The molecule has 10 heteroatoms. The van der Waals surface area contributed by atoms with Crippen LogP contribution in [0.1, 0.15) is 36.4 Å². The molecule has 0 bridgehead atoms. The van der Waals surface area contributed by atoms with Crippen molar-refractivity contribution in [2.24, 2.45) is 11.8 Å². The fourth-order valence-electron chi connectivity index (χ4n) is 5.51. The van der Waals surface area contributed by atoms with Gasteiger partial charge in [-0.05, 0) is 43.0 Å². The Hall–Kier alpha value is -3.21. The van der Waals surface area contributed by atoms with Crippen LogP contribution in [0.2, 0.25) is 0 Å². The van der Waals surface area contributed by atoms with Crippen LogP contribution in [-0.2, 0) is 16.1 Å². The summed E-state index contributed by atoms with van der Waals surface area (Å²) in [6, 6.07) is 11.6. The fraction of sp³-hybridized carbons (Fsp3) is 0.417. The van der Waals surface area contributed by atoms with E-state index in [9.17, 15) is 14.0 Å². The Morgan fingerprint density at radius 3 is 2.88 bits per heavy atom. The molecule has 0 aromatic heterocycles. The SMILES string of the molecule is O=C(NCc1ccc2c(c1)OCO2)C1CCC2C(=O)NC3C(c4ccccc4F)NNN3C2C1. The monoisotopic (exact) mass is 467 g/mol. The summed E-state index contributed by atoms with van der Waals surface area (Å²) in [6.45, 7) is 0.601. The van der Waals surface area contributed by atoms with Crippen molar-refractivity contribution in [2.45, 2.75) is 44.1 Å². The van der Waals surface area contributed by atoms with Crippen molar-refractivity contribution in [1.29, 1.82) is 0 Å². The molecule has 0 spiro atoms. The van der Waals surface area contributed by atoms with Crippen molar-refractivity contribution in [1.82, 2.24) is 26.6 Å². The van der Waals surface area contributed by atoms with Crippen LogP contribution >= 0.6 is 0 Å². The second kappa shape index (κ2) is 8.53. The number of rotatable bonds is 4. The van der Waals surface area contributed by atoms with E-state index in [0.717, 1.165) is 5.56 Å². The molecule has 2 aromatic carbocycles. The van der Waals surface area contributed by atoms with Gasteiger partial charge >= 0.3 is 0 Å². The summed E-state index contributed by atoms with van der Waals surface area (Å²) in [4.78, 5) is 25.9. The van der Waals surface area contributed by atoms with E-state index >= 15 is 0 Å². The highest BCUT2D eigenvalue weighted by Crippen LogP contribution is 2.39. The predicted molar refractivity (Wildman–Crippen MR) is 118 cm³/mol. The molecule has 2 amide bonds. The molecule has 178 valence electrons. The zero-order chi connectivity index (χ0) is 23.2. The number of fused-ring (bicyclic) bond motifs is 4. The van der Waals surface area contributed by atoms with Gasteiger partial charge in [0.2, 0.25) is 18.6 Å². The molecule has 3 heterocycles. The summed E-state index contributed by atoms with van der Waals surface area (Å²) < 4.78 is 25.2. The van der Waals surface area contributed by atoms with E-state index in [2.05, 4.69) is 21.6 Å². The van der Waals surface area contributed by atoms with E-state index in [1.54, 1.807) is 18.2 Å². The van der Waals surface area contributed by atoms with Crippen LogP contribution in [0.25, 0.3) is 0 Å². The Balaban J connectivity index is 1.13. The quantitative estimate of drug-likeness (QED) is 0.540. The Morgan fingerprint density at radius 1 is 1.15 bits per heavy atom. The zero-order valence-electron chi connectivity index (χ0n) is 18.4. The molecule has 6 rings (SSSR count). The summed E-state index contributed by atoms with van der Waals surface area (Å²) >= 11 is 0. The number of hydrogen-bond acceptors (Lipinski definition) is 7. The van der Waals surface area contributed by atoms with Gasteiger partial charge in [0.15, 0.2) is 11.5 Å². The van der Waals surface area contributed by atoms with E-state index in [0.29, 0.717) is 42.9 Å². The van der Waals surface area contributed by atoms with Gasteiger partial charge in [-0.2, -0.15) is 5.53 Å². The molecule has 34 heavy (non-hydrogen) atoms. The Kier molecular flexibility index (Phi) is 5.35. The van der Waals surface area contributed by atoms with Crippen LogP contribution in [-0.4, -0.2) is 35.8 Å². The lowest BCUT2D eigenvalue weighted by Gasteiger charge is -2.46. The van der Waals surface area contributed by atoms with Gasteiger partial charge in [-0.3, -0.25) is 9.59 Å². The summed E-state index contributed by atoms with van der Waals surface area (Å²) in [5.41, 5.74) is 7.67. The summed E-state index contributed by atoms with van der Waals surface area (Å²) in [7, 11) is 0. The Morgan fingerprint density at radius 2 is 2.00 bits per heavy atom. The van der Waals surface area contributed by atoms with E-state index < -0.39 is 12.2 Å². The maximum atomic E-state index is 14.4. The molecule has 1 aliphatic carbocycles. The van der Waals surface area contributed by atoms with Gasteiger partial charge in [-0.25, -0.2) is 14.8 Å². The highest BCUT2D eigenvalue weighted by molar-refractivity contribution is 5.83. The summed E-state index contributed by atoms with van der Waals surface area (Å²) in [6.07, 6.45) is 1.36. The van der Waals surface area contributed by atoms with E-state index in [1.165, 1.54) is 6.07 Å². The van der Waals surface area contributed by atoms with E-state index in [4.69, 9.17) is 9.47 Å². The third-order valence-corrected chi connectivity index (χ3v) is 7.28. The molecule has 0 radical (unpaired) electrons. The van der Waals surface area contributed by atoms with Crippen LogP contribution in [0.3, 0.4) is 0 Å². The van der Waals surface area contributed by atoms with E-state index in [-0.39, 0.29) is 42.3 Å². The second-order valence-corrected chi connectivity index (χ2v) is 9.21. The molecule has 4 N–H and O–H groups in total. The first-order valence-corrected chi connectivity index (χ1v) is 11.6. The number of benzene rings is 2. The second-order valence-electron chi connectivity index (χ2n) is 9.21. The lowest BCUT2D eigenvalue weighted by molar-refractivity contribution is -0.143. The standard InChI is InChI=1S/C24H26FN5O4/c25-17-4-2-1-3-15(17)21-22-27-24(32)16-7-6-14(10-18(16)30(22)29-28-21)23(31)26-11-13-5-8-19-20(9-13)34-12-33-19/h1-5,8-9,14,16,18,21-22,28-29H,6-7,10-12H2,(H,26,31)(H,27,32). The minimum atomic E-state index is -0.443. The van der Waals surface area contributed by atoms with Crippen LogP contribution in [0.5, 0.6) is 11.5 Å². The molecule has 2 aromatic rings. The molecule has 4 aliphatic rings. The number of hydrogen-bond donors (Lipinski definition) is 4. The number of nitrogens with zero attached hydrogens (tertiary/aromatic N) is 1. The molecule has 5 atom stereocenters. The van der Waals surface area contributed by atoms with Gasteiger partial charge in [0.25, 0.3) is 0 Å². The minimum absolute atomic E-state index is 0.0311. The number of carbonyl (C=O) groups is 2. The number of carbonyl (C=O) groups excluding carboxylic acids is 2. The van der Waals surface area contributed by atoms with Crippen LogP contribution in [0.15, 0.2) is 42.5 Å². The van der Waals surface area contributed by atoms with Gasteiger partial charge in [0, 0.05) is 24.1 Å². The zero-order valence-corrected chi connectivity index (χ0v) is 18.4. The smallest absolute Gasteiger partial charge is 0.231 e. The Labute approximate surface area is 195 Å². The molecule has 3 fully saturated rings. The number of amides is 2. The van der Waals surface area contributed by atoms with Crippen molar-refractivity contribution in [3.05, 3.63) is 59.4 Å². The minimum Gasteiger partial charge on any atom is -0.454 e. The van der Waals surface area contributed by atoms with Gasteiger partial charge < -0.3 is 20.1 Å². The first kappa shape index (κ1) is 21.3. The third-order valence-electron chi connectivity index (χ3n) is 7.28. The van der Waals surface area contributed by atoms with Crippen LogP contribution in [0, 0.1) is 17.7 Å². The largest absolute Gasteiger partial charge is 0.454 e. The number of nitrogens with one attached hydrogen (secondary N) is 4. The van der Waals surface area contributed by atoms with Gasteiger partial charge in [0.05, 0.1) is 12.0 Å². The van der Waals surface area contributed by atoms with E-state index in [1.807, 2.05) is 23.2 Å². The summed E-state index contributed by atoms with van der Waals surface area (Å²) in [5.74, 6) is 0.555. The fourth-order valence-corrected chi connectivity index (χ4v) is 5.51. The normalized spacial score (nSPS) is 29.8. The third kappa shape index (κ3) is 3.67. The first-order valence-electron chi connectivity index (χ1n) is 11.6. The highest BCUT2D eigenvalue weighted by atomic mass is 19.1. The van der Waals surface area contributed by atoms with Crippen molar-refractivity contribution < 1.29 is 23.5 Å². The number of ether oxygens (including phenoxy) is 2. The predicted octanol–water partition coefficient (Wildman–Crippen LogP) is 1.48. The Bertz CT molecular complexity index is 1130. The molecule has 5 unspecified atom stereocenters. The highest BCUT2D eigenvalue weighted by Gasteiger charge is 2.51. The average molecular weight is 468 g/mol. The molecular weight excluding hydrogens is 441 g/mol. The molecular formula is C24H26FN5O4.